The molecule has 0 aliphatic carbocycles. The number of aromatic hydroxyl groups is 1. The number of phenolic OH excluding ortho intramolecular Hbond substituents is 1. The second-order valence-electron chi connectivity index (χ2n) is 8.71. The first-order chi connectivity index (χ1) is 13.0. The van der Waals surface area contributed by atoms with E-state index in [-0.39, 0.29) is 17.5 Å². The third-order valence-electron chi connectivity index (χ3n) is 7.20. The lowest BCUT2D eigenvalue weighted by Crippen LogP contribution is -2.30. The smallest absolute Gasteiger partial charge is 0.312 e. The number of cyclic esters (lactones) is 1. The van der Waals surface area contributed by atoms with Gasteiger partial charge in [0, 0.05) is 50.9 Å². The van der Waals surface area contributed by atoms with E-state index in [1.54, 1.807) is 6.07 Å². The molecule has 3 aliphatic heterocycles. The minimum absolute atomic E-state index is 0.0255. The van der Waals surface area contributed by atoms with Crippen LogP contribution in [0.5, 0.6) is 5.75 Å². The Morgan fingerprint density at radius 2 is 1.85 bits per heavy atom. The number of phenols is 1. The Morgan fingerprint density at radius 3 is 2.44 bits per heavy atom. The van der Waals surface area contributed by atoms with Gasteiger partial charge >= 0.3 is 5.97 Å². The molecule has 3 saturated heterocycles. The van der Waals surface area contributed by atoms with Crippen molar-refractivity contribution in [1.29, 1.82) is 0 Å². The quantitative estimate of drug-likeness (QED) is 0.777. The van der Waals surface area contributed by atoms with Crippen LogP contribution in [0.15, 0.2) is 24.3 Å². The lowest BCUT2D eigenvalue weighted by Gasteiger charge is -2.24. The van der Waals surface area contributed by atoms with Crippen molar-refractivity contribution in [3.63, 3.8) is 0 Å². The van der Waals surface area contributed by atoms with Gasteiger partial charge in [0.25, 0.3) is 0 Å². The summed E-state index contributed by atoms with van der Waals surface area (Å²) in [4.78, 5) is 17.2. The molecule has 3 atom stereocenters. The third kappa shape index (κ3) is 3.54. The Balaban J connectivity index is 1.26. The molecule has 0 radical (unpaired) electrons. The van der Waals surface area contributed by atoms with Crippen LogP contribution in [-0.4, -0.2) is 54.8 Å². The van der Waals surface area contributed by atoms with Crippen LogP contribution in [0, 0.1) is 17.3 Å². The lowest BCUT2D eigenvalue weighted by molar-refractivity contribution is -0.149. The van der Waals surface area contributed by atoms with Crippen LogP contribution in [-0.2, 0) is 9.53 Å². The van der Waals surface area contributed by atoms with E-state index in [2.05, 4.69) is 29.7 Å². The number of carbonyl (C=O) groups is 1. The van der Waals surface area contributed by atoms with Gasteiger partial charge in [-0.15, -0.1) is 0 Å². The average molecular weight is 373 g/mol. The normalized spacial score (nSPS) is 29.9. The topological polar surface area (TPSA) is 53.0 Å². The number of rotatable bonds is 6. The molecule has 27 heavy (non-hydrogen) atoms. The second kappa shape index (κ2) is 7.34. The molecule has 4 rings (SSSR count). The van der Waals surface area contributed by atoms with Crippen molar-refractivity contribution in [3.05, 3.63) is 24.3 Å². The Hall–Kier alpha value is -1.75. The van der Waals surface area contributed by atoms with E-state index < -0.39 is 0 Å². The molecule has 3 heterocycles. The molecule has 0 bridgehead atoms. The molecular weight excluding hydrogens is 340 g/mol. The van der Waals surface area contributed by atoms with Gasteiger partial charge in [0.05, 0.1) is 5.41 Å². The monoisotopic (exact) mass is 372 g/mol. The number of ether oxygens (including phenoxy) is 1. The Kier molecular flexibility index (Phi) is 5.06. The maximum absolute atomic E-state index is 12.3. The molecule has 0 saturated carbocycles. The van der Waals surface area contributed by atoms with Gasteiger partial charge in [-0.2, -0.15) is 0 Å². The van der Waals surface area contributed by atoms with Gasteiger partial charge in [0.1, 0.15) is 11.9 Å². The van der Waals surface area contributed by atoms with Crippen LogP contribution in [0.25, 0.3) is 0 Å². The van der Waals surface area contributed by atoms with E-state index in [0.29, 0.717) is 17.6 Å². The number of hydrogen-bond donors (Lipinski definition) is 1. The molecule has 3 aliphatic rings. The molecule has 5 nitrogen and oxygen atoms in total. The van der Waals surface area contributed by atoms with Gasteiger partial charge in [0.2, 0.25) is 0 Å². The summed E-state index contributed by atoms with van der Waals surface area (Å²) < 4.78 is 5.70. The highest BCUT2D eigenvalue weighted by Gasteiger charge is 2.46. The predicted octanol–water partition coefficient (Wildman–Crippen LogP) is 3.27. The highest BCUT2D eigenvalue weighted by Crippen LogP contribution is 2.41. The van der Waals surface area contributed by atoms with Crippen molar-refractivity contribution < 1.29 is 14.6 Å². The van der Waals surface area contributed by atoms with Crippen molar-refractivity contribution in [2.24, 2.45) is 17.3 Å². The maximum atomic E-state index is 12.3. The van der Waals surface area contributed by atoms with Gasteiger partial charge in [0.15, 0.2) is 0 Å². The van der Waals surface area contributed by atoms with Gasteiger partial charge in [-0.25, -0.2) is 0 Å². The van der Waals surface area contributed by atoms with Crippen molar-refractivity contribution >= 4 is 11.7 Å². The fourth-order valence-electron chi connectivity index (χ4n) is 5.33. The molecule has 1 aromatic carbocycles. The first-order valence-corrected chi connectivity index (χ1v) is 10.5. The molecule has 1 N–H and O–H groups in total. The summed E-state index contributed by atoms with van der Waals surface area (Å²) in [7, 11) is 0. The SMILES string of the molecule is CCC1(CC)C[C@@H](CCN2CC3CN(c4cccc(O)c4)CC3C2)OC1=O. The van der Waals surface area contributed by atoms with Gasteiger partial charge < -0.3 is 19.6 Å². The number of hydrogen-bond acceptors (Lipinski definition) is 5. The Labute approximate surface area is 162 Å². The Bertz CT molecular complexity index is 674. The number of carbonyl (C=O) groups excluding carboxylic acids is 1. The van der Waals surface area contributed by atoms with Gasteiger partial charge in [-0.1, -0.05) is 19.9 Å². The number of anilines is 1. The number of esters is 1. The van der Waals surface area contributed by atoms with Crippen LogP contribution in [0.2, 0.25) is 0 Å². The van der Waals surface area contributed by atoms with Crippen LogP contribution < -0.4 is 4.90 Å². The summed E-state index contributed by atoms with van der Waals surface area (Å²) in [6.07, 6.45) is 3.73. The third-order valence-corrected chi connectivity index (χ3v) is 7.20. The molecule has 3 fully saturated rings. The highest BCUT2D eigenvalue weighted by molar-refractivity contribution is 5.78. The molecule has 0 spiro atoms. The summed E-state index contributed by atoms with van der Waals surface area (Å²) >= 11 is 0. The molecule has 148 valence electrons. The standard InChI is InChI=1S/C22H32N2O3/c1-3-22(4-2)11-20(27-21(22)26)8-9-23-12-16-14-24(15-17(16)13-23)18-6-5-7-19(25)10-18/h5-7,10,16-17,20,25H,3-4,8-9,11-15H2,1-2H3/t16?,17?,20-/m1/s1. The highest BCUT2D eigenvalue weighted by atomic mass is 16.6. The van der Waals surface area contributed by atoms with Crippen LogP contribution in [0.3, 0.4) is 0 Å². The summed E-state index contributed by atoms with van der Waals surface area (Å²) in [5.41, 5.74) is 0.901. The van der Waals surface area contributed by atoms with Crippen LogP contribution >= 0.6 is 0 Å². The number of nitrogens with zero attached hydrogens (tertiary/aromatic N) is 2. The summed E-state index contributed by atoms with van der Waals surface area (Å²) in [6, 6.07) is 7.59. The fraction of sp³-hybridized carbons (Fsp3) is 0.682. The Morgan fingerprint density at radius 1 is 1.15 bits per heavy atom. The van der Waals surface area contributed by atoms with Gasteiger partial charge in [-0.05, 0) is 43.2 Å². The zero-order valence-electron chi connectivity index (χ0n) is 16.6. The average Bonchev–Trinajstić information content (AvgIpc) is 3.31. The largest absolute Gasteiger partial charge is 0.508 e. The molecule has 5 heteroatoms. The molecule has 0 amide bonds. The van der Waals surface area contributed by atoms with Crippen LogP contribution in [0.1, 0.15) is 39.5 Å². The van der Waals surface area contributed by atoms with E-state index in [0.717, 1.165) is 64.1 Å². The minimum Gasteiger partial charge on any atom is -0.508 e. The van der Waals surface area contributed by atoms with Crippen molar-refractivity contribution in [2.45, 2.75) is 45.6 Å². The van der Waals surface area contributed by atoms with E-state index in [9.17, 15) is 9.90 Å². The van der Waals surface area contributed by atoms with Crippen LogP contribution in [0.4, 0.5) is 5.69 Å². The van der Waals surface area contributed by atoms with E-state index >= 15 is 0 Å². The van der Waals surface area contributed by atoms with Crippen molar-refractivity contribution in [1.82, 2.24) is 4.90 Å². The van der Waals surface area contributed by atoms with Gasteiger partial charge in [-0.3, -0.25) is 4.79 Å². The lowest BCUT2D eigenvalue weighted by atomic mass is 9.79. The molecule has 2 unspecified atom stereocenters. The molecule has 0 aromatic heterocycles. The predicted molar refractivity (Wildman–Crippen MR) is 106 cm³/mol. The second-order valence-corrected chi connectivity index (χ2v) is 8.71. The molecular formula is C22H32N2O3. The van der Waals surface area contributed by atoms with E-state index in [4.69, 9.17) is 4.74 Å². The zero-order valence-corrected chi connectivity index (χ0v) is 16.6. The van der Waals surface area contributed by atoms with Crippen molar-refractivity contribution in [3.8, 4) is 5.75 Å². The minimum atomic E-state index is -0.228. The summed E-state index contributed by atoms with van der Waals surface area (Å²) in [5, 5.41) is 9.71. The number of benzene rings is 1. The first kappa shape index (κ1) is 18.6. The van der Waals surface area contributed by atoms with Crippen molar-refractivity contribution in [2.75, 3.05) is 37.6 Å². The summed E-state index contributed by atoms with van der Waals surface area (Å²) in [6.45, 7) is 9.64. The van der Waals surface area contributed by atoms with E-state index in [1.807, 2.05) is 12.1 Å². The maximum Gasteiger partial charge on any atom is 0.312 e. The van der Waals surface area contributed by atoms with E-state index in [1.165, 1.54) is 0 Å². The number of likely N-dealkylation sites (tertiary alicyclic amines) is 1. The fourth-order valence-corrected chi connectivity index (χ4v) is 5.33. The number of fused-ring (bicyclic) bond motifs is 1. The molecule has 1 aromatic rings. The first-order valence-electron chi connectivity index (χ1n) is 10.5. The summed E-state index contributed by atoms with van der Waals surface area (Å²) in [5.74, 6) is 1.76. The zero-order chi connectivity index (χ0) is 19.0.